The largest absolute Gasteiger partial charge is 0.490 e. The smallest absolute Gasteiger partial charge is 0.475 e. The first-order chi connectivity index (χ1) is 17.5. The predicted molar refractivity (Wildman–Crippen MR) is 139 cm³/mol. The highest BCUT2D eigenvalue weighted by Crippen LogP contribution is 2.31. The summed E-state index contributed by atoms with van der Waals surface area (Å²) in [4.78, 5) is 27.2. The van der Waals surface area contributed by atoms with Crippen LogP contribution < -0.4 is 11.3 Å². The molecule has 0 amide bonds. The first kappa shape index (κ1) is 28.5. The number of benzene rings is 2. The van der Waals surface area contributed by atoms with Gasteiger partial charge >= 0.3 is 12.1 Å². The number of halogens is 5. The molecule has 0 bridgehead atoms. The topological polar surface area (TPSA) is 103 Å². The van der Waals surface area contributed by atoms with E-state index in [2.05, 4.69) is 17.6 Å². The van der Waals surface area contributed by atoms with Gasteiger partial charge < -0.3 is 20.0 Å². The summed E-state index contributed by atoms with van der Waals surface area (Å²) in [6.07, 6.45) is -0.330. The highest BCUT2D eigenvalue weighted by atomic mass is 35.5. The standard InChI is InChI=1S/C23H24Cl2N4O.C2HF3O2/c1-2-28-14-16(15-8-4-5-9-20(15)28)22-23(30)29(11-7-3-6-10-26)21-13-18(25)17(24)12-19(21)27-22;3-2(4,5)1(6)7/h4-5,8-9,12-14H,2-3,6-7,10-11,26H2,1H3;(H,6,7). The number of para-hydroxylation sites is 1. The fourth-order valence-corrected chi connectivity index (χ4v) is 4.24. The first-order valence-electron chi connectivity index (χ1n) is 11.5. The number of aromatic nitrogens is 3. The number of aliphatic carboxylic acids is 1. The molecule has 0 saturated carbocycles. The third-order valence-corrected chi connectivity index (χ3v) is 6.42. The summed E-state index contributed by atoms with van der Waals surface area (Å²) in [5.41, 5.74) is 9.21. The van der Waals surface area contributed by atoms with Gasteiger partial charge in [0.2, 0.25) is 0 Å². The maximum absolute atomic E-state index is 13.6. The lowest BCUT2D eigenvalue weighted by atomic mass is 10.1. The van der Waals surface area contributed by atoms with Crippen molar-refractivity contribution in [2.24, 2.45) is 5.73 Å². The Morgan fingerprint density at radius 2 is 1.73 bits per heavy atom. The van der Waals surface area contributed by atoms with Crippen LogP contribution in [0.25, 0.3) is 33.2 Å². The molecule has 0 unspecified atom stereocenters. The molecule has 4 aromatic rings. The Morgan fingerprint density at radius 1 is 1.08 bits per heavy atom. The molecule has 0 spiro atoms. The van der Waals surface area contributed by atoms with Crippen molar-refractivity contribution < 1.29 is 23.1 Å². The second-order valence-corrected chi connectivity index (χ2v) is 8.98. The van der Waals surface area contributed by atoms with Gasteiger partial charge in [0.1, 0.15) is 5.69 Å². The Balaban J connectivity index is 0.000000479. The molecule has 2 aromatic heterocycles. The van der Waals surface area contributed by atoms with E-state index in [1.807, 2.05) is 24.4 Å². The van der Waals surface area contributed by atoms with Crippen LogP contribution in [0.15, 0.2) is 47.4 Å². The predicted octanol–water partition coefficient (Wildman–Crippen LogP) is 6.11. The van der Waals surface area contributed by atoms with E-state index in [9.17, 15) is 18.0 Å². The van der Waals surface area contributed by atoms with Crippen LogP contribution in [-0.4, -0.2) is 37.9 Å². The van der Waals surface area contributed by atoms with Crippen LogP contribution in [0, 0.1) is 0 Å². The summed E-state index contributed by atoms with van der Waals surface area (Å²) < 4.78 is 35.6. The molecule has 7 nitrogen and oxygen atoms in total. The minimum atomic E-state index is -5.08. The molecule has 3 N–H and O–H groups in total. The summed E-state index contributed by atoms with van der Waals surface area (Å²) in [7, 11) is 0. The van der Waals surface area contributed by atoms with E-state index in [-0.39, 0.29) is 5.56 Å². The molecule has 0 radical (unpaired) electrons. The molecule has 37 heavy (non-hydrogen) atoms. The van der Waals surface area contributed by atoms with Gasteiger partial charge in [-0.1, -0.05) is 47.8 Å². The van der Waals surface area contributed by atoms with Crippen LogP contribution in [0.3, 0.4) is 0 Å². The number of rotatable bonds is 7. The van der Waals surface area contributed by atoms with Crippen molar-refractivity contribution in [2.45, 2.75) is 45.5 Å². The molecule has 2 aromatic carbocycles. The Morgan fingerprint density at radius 3 is 2.35 bits per heavy atom. The average Bonchev–Trinajstić information content (AvgIpc) is 3.22. The quantitative estimate of drug-likeness (QED) is 0.267. The van der Waals surface area contributed by atoms with Gasteiger partial charge in [0.25, 0.3) is 5.56 Å². The van der Waals surface area contributed by atoms with Gasteiger partial charge in [-0.3, -0.25) is 4.79 Å². The number of carboxylic acid groups (broad SMARTS) is 1. The fraction of sp³-hybridized carbons (Fsp3) is 0.320. The zero-order valence-corrected chi connectivity index (χ0v) is 21.4. The lowest BCUT2D eigenvalue weighted by molar-refractivity contribution is -0.192. The van der Waals surface area contributed by atoms with Crippen molar-refractivity contribution in [2.75, 3.05) is 6.54 Å². The van der Waals surface area contributed by atoms with Gasteiger partial charge in [0, 0.05) is 35.8 Å². The maximum Gasteiger partial charge on any atom is 0.490 e. The van der Waals surface area contributed by atoms with Crippen molar-refractivity contribution >= 4 is 51.1 Å². The molecular weight excluding hydrogens is 532 g/mol. The van der Waals surface area contributed by atoms with Gasteiger partial charge in [0.05, 0.1) is 21.1 Å². The summed E-state index contributed by atoms with van der Waals surface area (Å²) in [5.74, 6) is -2.76. The molecule has 0 aliphatic heterocycles. The Hall–Kier alpha value is -3.08. The van der Waals surface area contributed by atoms with Gasteiger partial charge in [-0.15, -0.1) is 0 Å². The number of carbonyl (C=O) groups is 1. The van der Waals surface area contributed by atoms with Crippen molar-refractivity contribution in [1.82, 2.24) is 14.1 Å². The summed E-state index contributed by atoms with van der Waals surface area (Å²) in [6, 6.07) is 11.5. The SMILES string of the molecule is CCn1cc(-c2nc3cc(Cl)c(Cl)cc3n(CCCCCN)c2=O)c2ccccc21.O=C(O)C(F)(F)F. The van der Waals surface area contributed by atoms with Crippen LogP contribution in [0.2, 0.25) is 10.0 Å². The van der Waals surface area contributed by atoms with Crippen LogP contribution >= 0.6 is 23.2 Å². The maximum atomic E-state index is 13.6. The Kier molecular flexibility index (Phi) is 9.22. The number of aryl methyl sites for hydroxylation is 2. The molecular formula is C25H25Cl2F3N4O3. The number of hydrogen-bond acceptors (Lipinski definition) is 4. The average molecular weight is 557 g/mol. The highest BCUT2D eigenvalue weighted by molar-refractivity contribution is 6.42. The number of unbranched alkanes of at least 4 members (excludes halogenated alkanes) is 2. The van der Waals surface area contributed by atoms with Crippen molar-refractivity contribution in [3.05, 3.63) is 63.0 Å². The Bertz CT molecular complexity index is 1480. The summed E-state index contributed by atoms with van der Waals surface area (Å²) in [6.45, 7) is 4.12. The molecule has 0 fully saturated rings. The first-order valence-corrected chi connectivity index (χ1v) is 12.2. The molecule has 2 heterocycles. The van der Waals surface area contributed by atoms with E-state index in [0.29, 0.717) is 39.9 Å². The van der Waals surface area contributed by atoms with Crippen molar-refractivity contribution in [3.63, 3.8) is 0 Å². The number of hydrogen-bond donors (Lipinski definition) is 2. The van der Waals surface area contributed by atoms with E-state index >= 15 is 0 Å². The van der Waals surface area contributed by atoms with E-state index in [4.69, 9.17) is 43.8 Å². The van der Waals surface area contributed by atoms with Gasteiger partial charge in [-0.25, -0.2) is 9.78 Å². The number of fused-ring (bicyclic) bond motifs is 2. The third-order valence-electron chi connectivity index (χ3n) is 5.70. The van der Waals surface area contributed by atoms with E-state index < -0.39 is 12.1 Å². The number of alkyl halides is 3. The second-order valence-electron chi connectivity index (χ2n) is 8.17. The fourth-order valence-electron chi connectivity index (χ4n) is 3.92. The van der Waals surface area contributed by atoms with E-state index in [1.54, 1.807) is 16.7 Å². The molecule has 0 saturated heterocycles. The highest BCUT2D eigenvalue weighted by Gasteiger charge is 2.38. The number of nitrogens with zero attached hydrogens (tertiary/aromatic N) is 3. The number of carboxylic acids is 1. The Labute approximate surface area is 220 Å². The zero-order chi connectivity index (χ0) is 27.3. The monoisotopic (exact) mass is 556 g/mol. The minimum Gasteiger partial charge on any atom is -0.475 e. The lowest BCUT2D eigenvalue weighted by Crippen LogP contribution is -2.24. The van der Waals surface area contributed by atoms with Crippen LogP contribution in [0.4, 0.5) is 13.2 Å². The molecule has 0 atom stereocenters. The molecule has 12 heteroatoms. The van der Waals surface area contributed by atoms with Crippen molar-refractivity contribution in [1.29, 1.82) is 0 Å². The lowest BCUT2D eigenvalue weighted by Gasteiger charge is -2.13. The second kappa shape index (κ2) is 12.0. The van der Waals surface area contributed by atoms with Crippen LogP contribution in [0.5, 0.6) is 0 Å². The normalized spacial score (nSPS) is 11.5. The number of nitrogens with two attached hydrogens (primary N) is 1. The molecule has 198 valence electrons. The van der Waals surface area contributed by atoms with Gasteiger partial charge in [-0.05, 0) is 44.5 Å². The third kappa shape index (κ3) is 6.44. The summed E-state index contributed by atoms with van der Waals surface area (Å²) in [5, 5.41) is 8.97. The van der Waals surface area contributed by atoms with Crippen molar-refractivity contribution in [3.8, 4) is 11.3 Å². The molecule has 0 aliphatic rings. The summed E-state index contributed by atoms with van der Waals surface area (Å²) >= 11 is 12.5. The molecule has 0 aliphatic carbocycles. The van der Waals surface area contributed by atoms with E-state index in [0.717, 1.165) is 42.3 Å². The van der Waals surface area contributed by atoms with Gasteiger partial charge in [0.15, 0.2) is 0 Å². The van der Waals surface area contributed by atoms with Gasteiger partial charge in [-0.2, -0.15) is 13.2 Å². The van der Waals surface area contributed by atoms with Crippen LogP contribution in [-0.2, 0) is 17.9 Å². The van der Waals surface area contributed by atoms with Crippen LogP contribution in [0.1, 0.15) is 26.2 Å². The minimum absolute atomic E-state index is 0.118. The molecule has 4 rings (SSSR count). The zero-order valence-electron chi connectivity index (χ0n) is 19.9. The van der Waals surface area contributed by atoms with E-state index in [1.165, 1.54) is 0 Å².